The van der Waals surface area contributed by atoms with Crippen molar-refractivity contribution in [2.24, 2.45) is 35.0 Å². The lowest BCUT2D eigenvalue weighted by molar-refractivity contribution is -0.157. The molecular weight excluding hydrogens is 288 g/mol. The van der Waals surface area contributed by atoms with Gasteiger partial charge in [-0.3, -0.25) is 9.59 Å². The first kappa shape index (κ1) is 15.7. The molecule has 0 aliphatic heterocycles. The fourth-order valence-electron chi connectivity index (χ4n) is 7.01. The average molecular weight is 318 g/mol. The number of fused-ring (bicyclic) bond motifs is 5. The number of carbonyl (C=O) groups is 2. The zero-order valence-electron chi connectivity index (χ0n) is 14.6. The molecule has 4 rings (SSSR count). The van der Waals surface area contributed by atoms with Crippen LogP contribution in [0.1, 0.15) is 71.6 Å². The van der Waals surface area contributed by atoms with Crippen molar-refractivity contribution in [3.63, 3.8) is 0 Å². The zero-order chi connectivity index (χ0) is 16.2. The van der Waals surface area contributed by atoms with E-state index in [4.69, 9.17) is 4.74 Å². The van der Waals surface area contributed by atoms with Gasteiger partial charge in [0.2, 0.25) is 0 Å². The molecule has 7 atom stereocenters. The lowest BCUT2D eigenvalue weighted by Crippen LogP contribution is -2.50. The van der Waals surface area contributed by atoms with Crippen LogP contribution in [0.25, 0.3) is 0 Å². The van der Waals surface area contributed by atoms with Gasteiger partial charge < -0.3 is 4.74 Å². The predicted molar refractivity (Wildman–Crippen MR) is 87.7 cm³/mol. The Morgan fingerprint density at radius 1 is 1.04 bits per heavy atom. The maximum absolute atomic E-state index is 11.8. The molecule has 0 aromatic heterocycles. The summed E-state index contributed by atoms with van der Waals surface area (Å²) in [5, 5.41) is 0. The van der Waals surface area contributed by atoms with Crippen LogP contribution in [0.5, 0.6) is 0 Å². The van der Waals surface area contributed by atoms with Crippen LogP contribution in [-0.2, 0) is 14.3 Å². The van der Waals surface area contributed by atoms with Gasteiger partial charge in [0.25, 0.3) is 0 Å². The van der Waals surface area contributed by atoms with E-state index >= 15 is 0 Å². The van der Waals surface area contributed by atoms with Crippen molar-refractivity contribution in [3.8, 4) is 0 Å². The molecule has 3 heteroatoms. The van der Waals surface area contributed by atoms with E-state index in [0.717, 1.165) is 49.4 Å². The second kappa shape index (κ2) is 5.60. The van der Waals surface area contributed by atoms with Gasteiger partial charge in [-0.1, -0.05) is 6.92 Å². The summed E-state index contributed by atoms with van der Waals surface area (Å²) in [7, 11) is 0. The Kier molecular flexibility index (Phi) is 3.81. The SMILES string of the molecule is CC(=O)O[C@H]1CC[C@H]2[C@@H]3CC[C@H]4CC(=O)CC[C@@H]4[C@@H]3CC[C@]12C. The minimum Gasteiger partial charge on any atom is -0.462 e. The number of ether oxygens (including phenoxy) is 1. The maximum atomic E-state index is 11.8. The lowest BCUT2D eigenvalue weighted by atomic mass is 9.50. The van der Waals surface area contributed by atoms with E-state index in [0.29, 0.717) is 11.7 Å². The lowest BCUT2D eigenvalue weighted by Gasteiger charge is -2.55. The molecule has 0 spiro atoms. The highest BCUT2D eigenvalue weighted by Gasteiger charge is 2.58. The fourth-order valence-corrected chi connectivity index (χ4v) is 7.01. The van der Waals surface area contributed by atoms with Crippen LogP contribution in [0.15, 0.2) is 0 Å². The molecule has 0 aromatic carbocycles. The van der Waals surface area contributed by atoms with Crippen molar-refractivity contribution in [2.45, 2.75) is 77.7 Å². The molecule has 0 heterocycles. The van der Waals surface area contributed by atoms with E-state index < -0.39 is 0 Å². The molecule has 0 saturated heterocycles. The smallest absolute Gasteiger partial charge is 0.302 e. The third-order valence-corrected chi connectivity index (χ3v) is 7.99. The van der Waals surface area contributed by atoms with Crippen molar-refractivity contribution in [1.82, 2.24) is 0 Å². The van der Waals surface area contributed by atoms with Crippen molar-refractivity contribution >= 4 is 11.8 Å². The molecule has 0 unspecified atom stereocenters. The van der Waals surface area contributed by atoms with Gasteiger partial charge in [0.1, 0.15) is 11.9 Å². The fraction of sp³-hybridized carbons (Fsp3) is 0.900. The van der Waals surface area contributed by atoms with E-state index in [1.165, 1.54) is 32.1 Å². The predicted octanol–water partition coefficient (Wildman–Crippen LogP) is 4.14. The molecule has 4 aliphatic rings. The summed E-state index contributed by atoms with van der Waals surface area (Å²) < 4.78 is 5.70. The number of hydrogen-bond acceptors (Lipinski definition) is 3. The van der Waals surface area contributed by atoms with E-state index in [9.17, 15) is 9.59 Å². The van der Waals surface area contributed by atoms with Crippen LogP contribution in [0.2, 0.25) is 0 Å². The molecule has 0 aromatic rings. The average Bonchev–Trinajstić information content (AvgIpc) is 2.83. The Morgan fingerprint density at radius 3 is 2.65 bits per heavy atom. The summed E-state index contributed by atoms with van der Waals surface area (Å²) in [5.74, 6) is 4.22. The van der Waals surface area contributed by atoms with Gasteiger partial charge in [-0.15, -0.1) is 0 Å². The molecule has 0 bridgehead atoms. The Labute approximate surface area is 139 Å². The molecular formula is C20H30O3. The first-order valence-electron chi connectivity index (χ1n) is 9.68. The Balaban J connectivity index is 1.53. The van der Waals surface area contributed by atoms with Gasteiger partial charge in [-0.05, 0) is 74.5 Å². The summed E-state index contributed by atoms with van der Waals surface area (Å²) in [4.78, 5) is 23.3. The summed E-state index contributed by atoms with van der Waals surface area (Å²) in [5.41, 5.74) is 0.199. The molecule has 4 fully saturated rings. The molecule has 128 valence electrons. The van der Waals surface area contributed by atoms with E-state index in [-0.39, 0.29) is 17.5 Å². The topological polar surface area (TPSA) is 43.4 Å². The van der Waals surface area contributed by atoms with Gasteiger partial charge in [0.05, 0.1) is 0 Å². The second-order valence-corrected chi connectivity index (χ2v) is 8.94. The van der Waals surface area contributed by atoms with Crippen LogP contribution in [0.3, 0.4) is 0 Å². The third-order valence-electron chi connectivity index (χ3n) is 7.99. The van der Waals surface area contributed by atoms with E-state index in [1.807, 2.05) is 0 Å². The zero-order valence-corrected chi connectivity index (χ0v) is 14.6. The van der Waals surface area contributed by atoms with Crippen molar-refractivity contribution in [1.29, 1.82) is 0 Å². The van der Waals surface area contributed by atoms with Gasteiger partial charge in [0.15, 0.2) is 0 Å². The van der Waals surface area contributed by atoms with Crippen LogP contribution < -0.4 is 0 Å². The standard InChI is InChI=1S/C20H30O3/c1-12(21)23-19-8-7-18-17-5-3-13-11-14(22)4-6-15(13)16(17)9-10-20(18,19)2/h13,15-19H,3-11H2,1-2H3/t13-,15-,16-,17+,18-,19-,20-/m0/s1. The number of ketones is 1. The minimum atomic E-state index is -0.117. The largest absolute Gasteiger partial charge is 0.462 e. The van der Waals surface area contributed by atoms with Gasteiger partial charge in [-0.25, -0.2) is 0 Å². The Hall–Kier alpha value is -0.860. The molecule has 0 radical (unpaired) electrons. The van der Waals surface area contributed by atoms with E-state index in [1.54, 1.807) is 6.92 Å². The van der Waals surface area contributed by atoms with Crippen LogP contribution in [0, 0.1) is 35.0 Å². The summed E-state index contributed by atoms with van der Waals surface area (Å²) in [6, 6.07) is 0. The van der Waals surface area contributed by atoms with Crippen molar-refractivity contribution in [3.05, 3.63) is 0 Å². The van der Waals surface area contributed by atoms with Crippen LogP contribution in [0.4, 0.5) is 0 Å². The molecule has 4 saturated carbocycles. The first-order chi connectivity index (χ1) is 11.0. The van der Waals surface area contributed by atoms with Crippen LogP contribution >= 0.6 is 0 Å². The highest BCUT2D eigenvalue weighted by atomic mass is 16.5. The van der Waals surface area contributed by atoms with Crippen molar-refractivity contribution in [2.75, 3.05) is 0 Å². The van der Waals surface area contributed by atoms with E-state index in [2.05, 4.69) is 6.92 Å². The normalized spacial score (nSPS) is 49.0. The third kappa shape index (κ3) is 2.46. The summed E-state index contributed by atoms with van der Waals surface area (Å²) in [6.07, 6.45) is 10.3. The quantitative estimate of drug-likeness (QED) is 0.682. The molecule has 4 aliphatic carbocycles. The van der Waals surface area contributed by atoms with Gasteiger partial charge in [-0.2, -0.15) is 0 Å². The monoisotopic (exact) mass is 318 g/mol. The highest BCUT2D eigenvalue weighted by Crippen LogP contribution is 2.62. The number of carbonyl (C=O) groups excluding carboxylic acids is 2. The minimum absolute atomic E-state index is 0.117. The summed E-state index contributed by atoms with van der Waals surface area (Å²) >= 11 is 0. The molecule has 0 N–H and O–H groups in total. The maximum Gasteiger partial charge on any atom is 0.302 e. The van der Waals surface area contributed by atoms with Crippen LogP contribution in [-0.4, -0.2) is 17.9 Å². The number of rotatable bonds is 1. The highest BCUT2D eigenvalue weighted by molar-refractivity contribution is 5.79. The second-order valence-electron chi connectivity index (χ2n) is 8.94. The first-order valence-corrected chi connectivity index (χ1v) is 9.68. The molecule has 23 heavy (non-hydrogen) atoms. The van der Waals surface area contributed by atoms with Gasteiger partial charge in [0, 0.05) is 25.2 Å². The number of hydrogen-bond donors (Lipinski definition) is 0. The Bertz CT molecular complexity index is 513. The molecule has 0 amide bonds. The Morgan fingerprint density at radius 2 is 1.87 bits per heavy atom. The number of esters is 1. The van der Waals surface area contributed by atoms with Gasteiger partial charge >= 0.3 is 5.97 Å². The van der Waals surface area contributed by atoms with Crippen molar-refractivity contribution < 1.29 is 14.3 Å². The molecule has 3 nitrogen and oxygen atoms in total. The number of Topliss-reactive ketones (excluding diaryl/α,β-unsaturated/α-hetero) is 1. The summed E-state index contributed by atoms with van der Waals surface area (Å²) in [6.45, 7) is 3.93.